The first-order chi connectivity index (χ1) is 12.3. The van der Waals surface area contributed by atoms with Crippen molar-refractivity contribution in [2.24, 2.45) is 5.92 Å². The Balaban J connectivity index is 1.55. The number of benzene rings is 3. The Morgan fingerprint density at radius 2 is 1.68 bits per heavy atom. The molecule has 122 valence electrons. The number of aryl methyl sites for hydroxylation is 1. The molecule has 1 atom stereocenters. The standard InChI is InChI=1S/C24H19I/c25-22-11-9-18-13-17(6-7-20(18)15-22)19-10-12-24-21(14-19)8-5-16-3-1-2-4-23(16)24/h1-4,6-7,9-13,15,21H,5,8,14H2. The number of allylic oxidation sites excluding steroid dienone is 4. The number of rotatable bonds is 1. The van der Waals surface area contributed by atoms with E-state index in [2.05, 4.69) is 95.4 Å². The number of fused-ring (bicyclic) bond motifs is 4. The molecule has 3 aromatic rings. The van der Waals surface area contributed by atoms with Crippen molar-refractivity contribution < 1.29 is 0 Å². The summed E-state index contributed by atoms with van der Waals surface area (Å²) in [6, 6.07) is 22.5. The Morgan fingerprint density at radius 1 is 0.840 bits per heavy atom. The lowest BCUT2D eigenvalue weighted by Crippen LogP contribution is -2.15. The van der Waals surface area contributed by atoms with Crippen LogP contribution in [0, 0.1) is 9.49 Å². The van der Waals surface area contributed by atoms with Gasteiger partial charge in [-0.15, -0.1) is 0 Å². The molecule has 0 bridgehead atoms. The highest BCUT2D eigenvalue weighted by Crippen LogP contribution is 2.43. The largest absolute Gasteiger partial charge is 0.0620 e. The van der Waals surface area contributed by atoms with Gasteiger partial charge in [0.05, 0.1) is 0 Å². The molecule has 0 aliphatic heterocycles. The Labute approximate surface area is 162 Å². The summed E-state index contributed by atoms with van der Waals surface area (Å²) in [5.41, 5.74) is 7.39. The Morgan fingerprint density at radius 3 is 2.64 bits per heavy atom. The van der Waals surface area contributed by atoms with Crippen LogP contribution in [0.25, 0.3) is 21.9 Å². The van der Waals surface area contributed by atoms with E-state index in [0.29, 0.717) is 5.92 Å². The van der Waals surface area contributed by atoms with Gasteiger partial charge in [0, 0.05) is 3.57 Å². The summed E-state index contributed by atoms with van der Waals surface area (Å²) in [5, 5.41) is 2.66. The third-order valence-corrected chi connectivity index (χ3v) is 6.30. The molecule has 0 N–H and O–H groups in total. The molecule has 0 fully saturated rings. The van der Waals surface area contributed by atoms with E-state index < -0.39 is 0 Å². The van der Waals surface area contributed by atoms with Gasteiger partial charge in [-0.25, -0.2) is 0 Å². The number of hydrogen-bond donors (Lipinski definition) is 0. The Bertz CT molecular complexity index is 1040. The van der Waals surface area contributed by atoms with Crippen molar-refractivity contribution in [3.8, 4) is 0 Å². The first-order valence-electron chi connectivity index (χ1n) is 8.97. The fourth-order valence-corrected chi connectivity index (χ4v) is 4.83. The molecule has 3 aromatic carbocycles. The summed E-state index contributed by atoms with van der Waals surface area (Å²) in [7, 11) is 0. The van der Waals surface area contributed by atoms with Crippen LogP contribution in [-0.4, -0.2) is 0 Å². The van der Waals surface area contributed by atoms with Gasteiger partial charge in [-0.1, -0.05) is 54.6 Å². The zero-order valence-electron chi connectivity index (χ0n) is 14.0. The van der Waals surface area contributed by atoms with E-state index in [0.717, 1.165) is 6.42 Å². The second-order valence-electron chi connectivity index (χ2n) is 7.12. The molecule has 1 unspecified atom stereocenters. The van der Waals surface area contributed by atoms with Gasteiger partial charge < -0.3 is 0 Å². The molecular weight excluding hydrogens is 415 g/mol. The molecule has 0 heterocycles. The van der Waals surface area contributed by atoms with E-state index in [4.69, 9.17) is 0 Å². The lowest BCUT2D eigenvalue weighted by Gasteiger charge is -2.31. The predicted molar refractivity (Wildman–Crippen MR) is 115 cm³/mol. The zero-order chi connectivity index (χ0) is 16.8. The maximum atomic E-state index is 2.38. The first kappa shape index (κ1) is 15.4. The summed E-state index contributed by atoms with van der Waals surface area (Å²) in [4.78, 5) is 0. The second kappa shape index (κ2) is 6.14. The van der Waals surface area contributed by atoms with Gasteiger partial charge in [-0.2, -0.15) is 0 Å². The molecule has 2 aliphatic rings. The fraction of sp³-hybridized carbons (Fsp3) is 0.167. The van der Waals surface area contributed by atoms with E-state index in [1.807, 2.05) is 0 Å². The van der Waals surface area contributed by atoms with Crippen molar-refractivity contribution >= 4 is 44.5 Å². The van der Waals surface area contributed by atoms with Crippen molar-refractivity contribution in [3.63, 3.8) is 0 Å². The van der Waals surface area contributed by atoms with Crippen LogP contribution in [0.2, 0.25) is 0 Å². The summed E-state index contributed by atoms with van der Waals surface area (Å²) in [6.07, 6.45) is 8.37. The van der Waals surface area contributed by atoms with Crippen LogP contribution >= 0.6 is 22.6 Å². The maximum Gasteiger partial charge on any atom is 0.0136 e. The average molecular weight is 434 g/mol. The smallest absolute Gasteiger partial charge is 0.0136 e. The van der Waals surface area contributed by atoms with Crippen molar-refractivity contribution in [3.05, 3.63) is 93.1 Å². The van der Waals surface area contributed by atoms with Crippen LogP contribution in [0.3, 0.4) is 0 Å². The van der Waals surface area contributed by atoms with E-state index in [1.54, 1.807) is 5.57 Å². The quantitative estimate of drug-likeness (QED) is 0.367. The topological polar surface area (TPSA) is 0 Å². The van der Waals surface area contributed by atoms with Gasteiger partial charge in [-0.3, -0.25) is 0 Å². The van der Waals surface area contributed by atoms with Gasteiger partial charge >= 0.3 is 0 Å². The van der Waals surface area contributed by atoms with Crippen molar-refractivity contribution in [1.82, 2.24) is 0 Å². The third kappa shape index (κ3) is 2.75. The van der Waals surface area contributed by atoms with Crippen LogP contribution in [0.1, 0.15) is 29.5 Å². The van der Waals surface area contributed by atoms with E-state index >= 15 is 0 Å². The van der Waals surface area contributed by atoms with Crippen LogP contribution in [0.4, 0.5) is 0 Å². The van der Waals surface area contributed by atoms with E-state index in [9.17, 15) is 0 Å². The first-order valence-corrected chi connectivity index (χ1v) is 10.0. The predicted octanol–water partition coefficient (Wildman–Crippen LogP) is 6.88. The van der Waals surface area contributed by atoms with Gasteiger partial charge in [0.2, 0.25) is 0 Å². The van der Waals surface area contributed by atoms with Gasteiger partial charge in [0.25, 0.3) is 0 Å². The van der Waals surface area contributed by atoms with Gasteiger partial charge in [0.1, 0.15) is 0 Å². The number of halogens is 1. The highest BCUT2D eigenvalue weighted by molar-refractivity contribution is 14.1. The molecule has 0 aromatic heterocycles. The Kier molecular flexibility index (Phi) is 3.78. The highest BCUT2D eigenvalue weighted by atomic mass is 127. The molecule has 0 saturated carbocycles. The third-order valence-electron chi connectivity index (χ3n) is 5.63. The van der Waals surface area contributed by atoms with Gasteiger partial charge in [-0.05, 0) is 105 Å². The highest BCUT2D eigenvalue weighted by Gasteiger charge is 2.26. The normalized spacial score (nSPS) is 19.0. The SMILES string of the molecule is Ic1ccc2cc(C3=CC=C4c5ccccc5CCC4C3)ccc2c1. The molecule has 5 rings (SSSR count). The molecule has 1 heteroatoms. The molecule has 25 heavy (non-hydrogen) atoms. The molecular formula is C24H19I. The van der Waals surface area contributed by atoms with Crippen molar-refractivity contribution in [2.75, 3.05) is 0 Å². The molecule has 0 saturated heterocycles. The monoisotopic (exact) mass is 434 g/mol. The zero-order valence-corrected chi connectivity index (χ0v) is 16.2. The maximum absolute atomic E-state index is 2.38. The van der Waals surface area contributed by atoms with Crippen molar-refractivity contribution in [2.45, 2.75) is 19.3 Å². The summed E-state index contributed by atoms with van der Waals surface area (Å²) in [6.45, 7) is 0. The Hall–Kier alpha value is -1.87. The summed E-state index contributed by atoms with van der Waals surface area (Å²) < 4.78 is 1.29. The number of hydrogen-bond acceptors (Lipinski definition) is 0. The van der Waals surface area contributed by atoms with E-state index in [-0.39, 0.29) is 0 Å². The van der Waals surface area contributed by atoms with Crippen LogP contribution < -0.4 is 0 Å². The molecule has 0 radical (unpaired) electrons. The van der Waals surface area contributed by atoms with E-state index in [1.165, 1.54) is 49.4 Å². The molecule has 0 nitrogen and oxygen atoms in total. The van der Waals surface area contributed by atoms with Crippen LogP contribution in [-0.2, 0) is 6.42 Å². The summed E-state index contributed by atoms with van der Waals surface area (Å²) in [5.74, 6) is 0.669. The fourth-order valence-electron chi connectivity index (χ4n) is 4.32. The minimum absolute atomic E-state index is 0.669. The lowest BCUT2D eigenvalue weighted by molar-refractivity contribution is 0.600. The minimum atomic E-state index is 0.669. The summed E-state index contributed by atoms with van der Waals surface area (Å²) >= 11 is 2.38. The molecule has 0 amide bonds. The van der Waals surface area contributed by atoms with Crippen LogP contribution in [0.15, 0.2) is 72.8 Å². The van der Waals surface area contributed by atoms with Crippen LogP contribution in [0.5, 0.6) is 0 Å². The average Bonchev–Trinajstić information content (AvgIpc) is 2.67. The second-order valence-corrected chi connectivity index (χ2v) is 8.36. The lowest BCUT2D eigenvalue weighted by atomic mass is 9.73. The van der Waals surface area contributed by atoms with Crippen molar-refractivity contribution in [1.29, 1.82) is 0 Å². The van der Waals surface area contributed by atoms with Gasteiger partial charge in [0.15, 0.2) is 0 Å². The minimum Gasteiger partial charge on any atom is -0.0620 e. The molecule has 0 spiro atoms. The molecule has 2 aliphatic carbocycles.